The maximum absolute atomic E-state index is 9.07. The van der Waals surface area contributed by atoms with E-state index in [9.17, 15) is 0 Å². The Kier molecular flexibility index (Phi) is 12.3. The summed E-state index contributed by atoms with van der Waals surface area (Å²) in [5.41, 5.74) is 0. The first-order valence-electron chi connectivity index (χ1n) is 7.06. The average molecular weight is 246 g/mol. The van der Waals surface area contributed by atoms with Gasteiger partial charge in [-0.1, -0.05) is 25.7 Å². The van der Waals surface area contributed by atoms with Crippen molar-refractivity contribution in [3.8, 4) is 0 Å². The first-order valence-corrected chi connectivity index (χ1v) is 7.06. The van der Waals surface area contributed by atoms with Gasteiger partial charge >= 0.3 is 0 Å². The Morgan fingerprint density at radius 2 is 1.12 bits per heavy atom. The van der Waals surface area contributed by atoms with Crippen LogP contribution in [0.5, 0.6) is 0 Å². The van der Waals surface area contributed by atoms with Crippen molar-refractivity contribution in [3.05, 3.63) is 0 Å². The van der Waals surface area contributed by atoms with Crippen LogP contribution < -0.4 is 0 Å². The highest BCUT2D eigenvalue weighted by Crippen LogP contribution is 2.05. The van der Waals surface area contributed by atoms with Crippen LogP contribution in [-0.4, -0.2) is 35.6 Å². The third-order valence-electron chi connectivity index (χ3n) is 2.82. The molecule has 0 bridgehead atoms. The molecule has 3 nitrogen and oxygen atoms in total. The minimum Gasteiger partial charge on any atom is -0.393 e. The number of unbranched alkanes of at least 4 members (excludes halogenated alkanes) is 4. The predicted molar refractivity (Wildman–Crippen MR) is 71.1 cm³/mol. The van der Waals surface area contributed by atoms with Crippen molar-refractivity contribution in [2.75, 3.05) is 13.2 Å². The first kappa shape index (κ1) is 16.9. The third kappa shape index (κ3) is 15.9. The van der Waals surface area contributed by atoms with Gasteiger partial charge in [0.25, 0.3) is 0 Å². The van der Waals surface area contributed by atoms with E-state index in [4.69, 9.17) is 14.9 Å². The van der Waals surface area contributed by atoms with Crippen LogP contribution in [0.3, 0.4) is 0 Å². The summed E-state index contributed by atoms with van der Waals surface area (Å²) in [4.78, 5) is 0. The summed E-state index contributed by atoms with van der Waals surface area (Å²) in [7, 11) is 0. The van der Waals surface area contributed by atoms with Crippen LogP contribution in [0.2, 0.25) is 0 Å². The fraction of sp³-hybridized carbons (Fsp3) is 1.00. The molecule has 3 heteroatoms. The fourth-order valence-corrected chi connectivity index (χ4v) is 1.74. The lowest BCUT2D eigenvalue weighted by atomic mass is 10.1. The van der Waals surface area contributed by atoms with E-state index in [1.165, 1.54) is 0 Å². The second kappa shape index (κ2) is 12.3. The van der Waals surface area contributed by atoms with Gasteiger partial charge in [-0.25, -0.2) is 0 Å². The lowest BCUT2D eigenvalue weighted by Crippen LogP contribution is -2.01. The molecule has 2 atom stereocenters. The smallest absolute Gasteiger partial charge is 0.0512 e. The monoisotopic (exact) mass is 246 g/mol. The molecule has 0 spiro atoms. The van der Waals surface area contributed by atoms with Crippen LogP contribution in [0.1, 0.15) is 65.2 Å². The van der Waals surface area contributed by atoms with Crippen LogP contribution in [0, 0.1) is 0 Å². The molecule has 0 radical (unpaired) electrons. The Bertz CT molecular complexity index is 130. The minimum absolute atomic E-state index is 0.162. The van der Waals surface area contributed by atoms with Crippen molar-refractivity contribution in [2.45, 2.75) is 77.4 Å². The second-order valence-electron chi connectivity index (χ2n) is 5.01. The summed E-state index contributed by atoms with van der Waals surface area (Å²) in [5, 5.41) is 18.1. The summed E-state index contributed by atoms with van der Waals surface area (Å²) < 4.78 is 5.52. The van der Waals surface area contributed by atoms with Crippen molar-refractivity contribution < 1.29 is 14.9 Å². The fourth-order valence-electron chi connectivity index (χ4n) is 1.74. The van der Waals surface area contributed by atoms with E-state index in [-0.39, 0.29) is 12.2 Å². The Morgan fingerprint density at radius 3 is 1.47 bits per heavy atom. The molecule has 17 heavy (non-hydrogen) atoms. The average Bonchev–Trinajstić information content (AvgIpc) is 2.25. The first-order chi connectivity index (χ1) is 8.13. The molecule has 0 aliphatic heterocycles. The molecule has 0 aromatic rings. The lowest BCUT2D eigenvalue weighted by molar-refractivity contribution is 0.121. The van der Waals surface area contributed by atoms with Gasteiger partial charge < -0.3 is 14.9 Å². The lowest BCUT2D eigenvalue weighted by Gasteiger charge is -2.06. The summed E-state index contributed by atoms with van der Waals surface area (Å²) >= 11 is 0. The highest BCUT2D eigenvalue weighted by Gasteiger charge is 1.97. The maximum Gasteiger partial charge on any atom is 0.0512 e. The molecule has 0 fully saturated rings. The van der Waals surface area contributed by atoms with E-state index >= 15 is 0 Å². The van der Waals surface area contributed by atoms with Crippen LogP contribution in [0.25, 0.3) is 0 Å². The molecule has 0 saturated heterocycles. The van der Waals surface area contributed by atoms with Gasteiger partial charge in [0.1, 0.15) is 0 Å². The molecular weight excluding hydrogens is 216 g/mol. The van der Waals surface area contributed by atoms with Crippen molar-refractivity contribution >= 4 is 0 Å². The van der Waals surface area contributed by atoms with Gasteiger partial charge in [0.2, 0.25) is 0 Å². The Balaban J connectivity index is 2.94. The zero-order chi connectivity index (χ0) is 12.9. The zero-order valence-electron chi connectivity index (χ0n) is 11.5. The van der Waals surface area contributed by atoms with Crippen LogP contribution in [0.4, 0.5) is 0 Å². The predicted octanol–water partition coefficient (Wildman–Crippen LogP) is 2.89. The number of aliphatic hydroxyl groups excluding tert-OH is 2. The molecule has 0 heterocycles. The van der Waals surface area contributed by atoms with Gasteiger partial charge in [-0.15, -0.1) is 0 Å². The number of ether oxygens (including phenoxy) is 1. The summed E-state index contributed by atoms with van der Waals surface area (Å²) in [5.74, 6) is 0. The minimum atomic E-state index is -0.162. The Morgan fingerprint density at radius 1 is 0.706 bits per heavy atom. The molecule has 104 valence electrons. The highest BCUT2D eigenvalue weighted by atomic mass is 16.5. The Labute approximate surface area is 106 Å². The van der Waals surface area contributed by atoms with Crippen LogP contribution >= 0.6 is 0 Å². The van der Waals surface area contributed by atoms with Gasteiger partial charge in [-0.05, 0) is 39.5 Å². The second-order valence-corrected chi connectivity index (χ2v) is 5.01. The third-order valence-corrected chi connectivity index (χ3v) is 2.82. The van der Waals surface area contributed by atoms with Gasteiger partial charge in [0.15, 0.2) is 0 Å². The van der Waals surface area contributed by atoms with E-state index in [0.29, 0.717) is 0 Å². The van der Waals surface area contributed by atoms with Gasteiger partial charge in [0.05, 0.1) is 12.2 Å². The number of aliphatic hydroxyl groups is 2. The van der Waals surface area contributed by atoms with Gasteiger partial charge in [-0.2, -0.15) is 0 Å². The molecule has 0 aromatic heterocycles. The standard InChI is InChI=1S/C14H30O3/c1-13(15)9-5-3-7-11-17-12-8-4-6-10-14(2)16/h13-16H,3-12H2,1-2H3. The highest BCUT2D eigenvalue weighted by molar-refractivity contribution is 4.50. The van der Waals surface area contributed by atoms with E-state index in [2.05, 4.69) is 0 Å². The normalized spacial score (nSPS) is 14.8. The van der Waals surface area contributed by atoms with Crippen molar-refractivity contribution in [3.63, 3.8) is 0 Å². The van der Waals surface area contributed by atoms with Gasteiger partial charge in [0, 0.05) is 13.2 Å². The van der Waals surface area contributed by atoms with Crippen molar-refractivity contribution in [1.29, 1.82) is 0 Å². The molecule has 0 aromatic carbocycles. The van der Waals surface area contributed by atoms with E-state index in [0.717, 1.165) is 64.6 Å². The molecule has 2 unspecified atom stereocenters. The summed E-state index contributed by atoms with van der Waals surface area (Å²) in [6, 6.07) is 0. The number of hydrogen-bond acceptors (Lipinski definition) is 3. The Hall–Kier alpha value is -0.120. The zero-order valence-corrected chi connectivity index (χ0v) is 11.5. The largest absolute Gasteiger partial charge is 0.393 e. The molecular formula is C14H30O3. The topological polar surface area (TPSA) is 49.7 Å². The van der Waals surface area contributed by atoms with E-state index in [1.807, 2.05) is 13.8 Å². The van der Waals surface area contributed by atoms with E-state index < -0.39 is 0 Å². The van der Waals surface area contributed by atoms with Crippen LogP contribution in [-0.2, 0) is 4.74 Å². The van der Waals surface area contributed by atoms with Crippen LogP contribution in [0.15, 0.2) is 0 Å². The van der Waals surface area contributed by atoms with Crippen molar-refractivity contribution in [1.82, 2.24) is 0 Å². The molecule has 0 aliphatic carbocycles. The molecule has 0 aliphatic rings. The SMILES string of the molecule is CC(O)CCCCCOCCCCCC(C)O. The summed E-state index contributed by atoms with van der Waals surface area (Å²) in [6.07, 6.45) is 8.15. The molecule has 0 rings (SSSR count). The van der Waals surface area contributed by atoms with E-state index in [1.54, 1.807) is 0 Å². The summed E-state index contributed by atoms with van der Waals surface area (Å²) in [6.45, 7) is 5.36. The molecule has 0 amide bonds. The van der Waals surface area contributed by atoms with Gasteiger partial charge in [-0.3, -0.25) is 0 Å². The quantitative estimate of drug-likeness (QED) is 0.521. The number of hydrogen-bond donors (Lipinski definition) is 2. The maximum atomic E-state index is 9.07. The molecule has 0 saturated carbocycles. The van der Waals surface area contributed by atoms with Crippen molar-refractivity contribution in [2.24, 2.45) is 0 Å². The number of rotatable bonds is 12. The molecule has 2 N–H and O–H groups in total.